The topological polar surface area (TPSA) is 130 Å². The van der Waals surface area contributed by atoms with Crippen molar-refractivity contribution in [1.29, 1.82) is 0 Å². The number of sulfonamides is 1. The summed E-state index contributed by atoms with van der Waals surface area (Å²) in [6.07, 6.45) is 0. The summed E-state index contributed by atoms with van der Waals surface area (Å²) in [4.78, 5) is 38.0. The smallest absolute Gasteiger partial charge is 0.293 e. The number of aryl methyl sites for hydroxylation is 1. The van der Waals surface area contributed by atoms with Crippen LogP contribution in [0, 0.1) is 6.92 Å². The Morgan fingerprint density at radius 2 is 1.72 bits per heavy atom. The fourth-order valence-corrected chi connectivity index (χ4v) is 5.39. The van der Waals surface area contributed by atoms with Gasteiger partial charge in [-0.1, -0.05) is 35.6 Å². The second-order valence-electron chi connectivity index (χ2n) is 6.97. The van der Waals surface area contributed by atoms with E-state index in [0.29, 0.717) is 17.0 Å². The molecule has 3 aromatic rings. The Bertz CT molecular complexity index is 1320. The van der Waals surface area contributed by atoms with Gasteiger partial charge in [0.2, 0.25) is 11.0 Å². The van der Waals surface area contributed by atoms with Gasteiger partial charge in [-0.05, 0) is 36.8 Å². The zero-order valence-electron chi connectivity index (χ0n) is 17.0. The number of hydrogen-bond donors (Lipinski definition) is 1. The van der Waals surface area contributed by atoms with Crippen LogP contribution in [0.4, 0.5) is 10.8 Å². The second-order valence-corrected chi connectivity index (χ2v) is 10.1. The molecule has 32 heavy (non-hydrogen) atoms. The van der Waals surface area contributed by atoms with Crippen LogP contribution in [-0.4, -0.2) is 54.8 Å². The standard InChI is InChI=1S/C20H17N5O5S2/c1-12-6-5-7-13(10-12)24(2)32(29,30)20-23-22-19(31-20)21-16(26)11-25-17(27)14-8-3-4-9-15(14)18(25)28/h3-10H,11H2,1-2H3,(H,21,22,26). The first-order valence-electron chi connectivity index (χ1n) is 9.32. The lowest BCUT2D eigenvalue weighted by Gasteiger charge is -2.17. The molecule has 0 saturated carbocycles. The summed E-state index contributed by atoms with van der Waals surface area (Å²) in [6.45, 7) is 1.31. The van der Waals surface area contributed by atoms with E-state index in [4.69, 9.17) is 0 Å². The third-order valence-corrected chi connectivity index (χ3v) is 7.75. The SMILES string of the molecule is Cc1cccc(N(C)S(=O)(=O)c2nnc(NC(=O)CN3C(=O)c4ccccc4C3=O)s2)c1. The van der Waals surface area contributed by atoms with Gasteiger partial charge in [-0.3, -0.25) is 28.9 Å². The maximum atomic E-state index is 12.9. The van der Waals surface area contributed by atoms with Crippen LogP contribution in [0.15, 0.2) is 52.9 Å². The predicted octanol–water partition coefficient (Wildman–Crippen LogP) is 1.91. The first-order valence-corrected chi connectivity index (χ1v) is 11.6. The monoisotopic (exact) mass is 471 g/mol. The number of fused-ring (bicyclic) bond motifs is 1. The van der Waals surface area contributed by atoms with Gasteiger partial charge in [-0.2, -0.15) is 8.42 Å². The Balaban J connectivity index is 1.46. The zero-order valence-corrected chi connectivity index (χ0v) is 18.6. The van der Waals surface area contributed by atoms with Crippen LogP contribution in [0.1, 0.15) is 26.3 Å². The van der Waals surface area contributed by atoms with Gasteiger partial charge in [0, 0.05) is 7.05 Å². The molecular weight excluding hydrogens is 454 g/mol. The number of benzene rings is 2. The maximum absolute atomic E-state index is 12.9. The molecule has 1 aliphatic rings. The van der Waals surface area contributed by atoms with Crippen molar-refractivity contribution in [1.82, 2.24) is 15.1 Å². The van der Waals surface area contributed by atoms with Gasteiger partial charge in [0.05, 0.1) is 16.8 Å². The molecule has 0 fully saturated rings. The lowest BCUT2D eigenvalue weighted by molar-refractivity contribution is -0.116. The highest BCUT2D eigenvalue weighted by Gasteiger charge is 2.36. The summed E-state index contributed by atoms with van der Waals surface area (Å²) < 4.78 is 26.5. The molecule has 0 bridgehead atoms. The van der Waals surface area contributed by atoms with Gasteiger partial charge >= 0.3 is 0 Å². The van der Waals surface area contributed by atoms with Gasteiger partial charge in [0.1, 0.15) is 6.54 Å². The first-order chi connectivity index (χ1) is 15.2. The second kappa shape index (κ2) is 8.13. The van der Waals surface area contributed by atoms with Crippen molar-refractivity contribution < 1.29 is 22.8 Å². The van der Waals surface area contributed by atoms with Crippen molar-refractivity contribution in [3.63, 3.8) is 0 Å². The Hall–Kier alpha value is -3.64. The average Bonchev–Trinajstić information content (AvgIpc) is 3.33. The Morgan fingerprint density at radius 3 is 2.34 bits per heavy atom. The molecule has 0 radical (unpaired) electrons. The van der Waals surface area contributed by atoms with E-state index in [9.17, 15) is 22.8 Å². The molecule has 10 nitrogen and oxygen atoms in total. The predicted molar refractivity (Wildman–Crippen MR) is 117 cm³/mol. The molecule has 0 unspecified atom stereocenters. The molecule has 0 saturated heterocycles. The number of aromatic nitrogens is 2. The fourth-order valence-electron chi connectivity index (χ4n) is 3.13. The van der Waals surface area contributed by atoms with Crippen molar-refractivity contribution in [2.75, 3.05) is 23.2 Å². The summed E-state index contributed by atoms with van der Waals surface area (Å²) in [5, 5.41) is 9.72. The van der Waals surface area contributed by atoms with Crippen LogP contribution in [-0.2, 0) is 14.8 Å². The number of anilines is 2. The minimum atomic E-state index is -3.99. The van der Waals surface area contributed by atoms with Crippen LogP contribution in [0.5, 0.6) is 0 Å². The summed E-state index contributed by atoms with van der Waals surface area (Å²) in [5.41, 5.74) is 1.81. The van der Waals surface area contributed by atoms with Gasteiger partial charge < -0.3 is 0 Å². The van der Waals surface area contributed by atoms with E-state index in [1.165, 1.54) is 19.2 Å². The fraction of sp³-hybridized carbons (Fsp3) is 0.150. The van der Waals surface area contributed by atoms with Gasteiger partial charge in [0.15, 0.2) is 0 Å². The lowest BCUT2D eigenvalue weighted by atomic mass is 10.1. The number of nitrogens with zero attached hydrogens (tertiary/aromatic N) is 4. The van der Waals surface area contributed by atoms with Crippen molar-refractivity contribution in [2.45, 2.75) is 11.3 Å². The van der Waals surface area contributed by atoms with E-state index < -0.39 is 34.3 Å². The normalized spacial score (nSPS) is 13.2. The van der Waals surface area contributed by atoms with Gasteiger partial charge in [0.25, 0.3) is 26.2 Å². The first kappa shape index (κ1) is 21.6. The van der Waals surface area contributed by atoms with Crippen LogP contribution >= 0.6 is 11.3 Å². The van der Waals surface area contributed by atoms with Crippen LogP contribution in [0.25, 0.3) is 0 Å². The van der Waals surface area contributed by atoms with E-state index in [1.807, 2.05) is 13.0 Å². The van der Waals surface area contributed by atoms with Crippen molar-refractivity contribution >= 4 is 49.9 Å². The molecule has 0 aliphatic carbocycles. The zero-order chi connectivity index (χ0) is 23.0. The minimum Gasteiger partial charge on any atom is -0.299 e. The molecule has 0 spiro atoms. The highest BCUT2D eigenvalue weighted by atomic mass is 32.2. The molecule has 12 heteroatoms. The average molecular weight is 472 g/mol. The summed E-state index contributed by atoms with van der Waals surface area (Å²) in [5.74, 6) is -1.84. The Kier molecular flexibility index (Phi) is 5.48. The number of carbonyl (C=O) groups excluding carboxylic acids is 3. The molecule has 1 N–H and O–H groups in total. The molecule has 4 rings (SSSR count). The third-order valence-electron chi connectivity index (χ3n) is 4.78. The Labute approximate surface area is 187 Å². The van der Waals surface area contributed by atoms with E-state index >= 15 is 0 Å². The highest BCUT2D eigenvalue weighted by molar-refractivity contribution is 7.94. The van der Waals surface area contributed by atoms with Gasteiger partial charge in [-0.25, -0.2) is 0 Å². The molecule has 3 amide bonds. The highest BCUT2D eigenvalue weighted by Crippen LogP contribution is 2.27. The molecule has 0 atom stereocenters. The summed E-state index contributed by atoms with van der Waals surface area (Å²) in [6, 6.07) is 13.2. The molecule has 1 aliphatic heterocycles. The number of rotatable bonds is 6. The van der Waals surface area contributed by atoms with Crippen LogP contribution in [0.3, 0.4) is 0 Å². The van der Waals surface area contributed by atoms with E-state index in [1.54, 1.807) is 30.3 Å². The van der Waals surface area contributed by atoms with Gasteiger partial charge in [-0.15, -0.1) is 10.2 Å². The van der Waals surface area contributed by atoms with Crippen molar-refractivity contribution in [3.05, 3.63) is 65.2 Å². The quantitative estimate of drug-likeness (QED) is 0.429. The van der Waals surface area contributed by atoms with Crippen LogP contribution < -0.4 is 9.62 Å². The molecular formula is C20H17N5O5S2. The summed E-state index contributed by atoms with van der Waals surface area (Å²) in [7, 11) is -2.60. The van der Waals surface area contributed by atoms with Crippen LogP contribution in [0.2, 0.25) is 0 Å². The minimum absolute atomic E-state index is 0.0668. The largest absolute Gasteiger partial charge is 0.299 e. The van der Waals surface area contributed by atoms with Crippen molar-refractivity contribution in [2.24, 2.45) is 0 Å². The third kappa shape index (κ3) is 3.85. The van der Waals surface area contributed by atoms with E-state index in [2.05, 4.69) is 15.5 Å². The maximum Gasteiger partial charge on any atom is 0.293 e. The van der Waals surface area contributed by atoms with E-state index in [-0.39, 0.29) is 20.6 Å². The molecule has 2 aromatic carbocycles. The summed E-state index contributed by atoms with van der Waals surface area (Å²) >= 11 is 0.670. The number of carbonyl (C=O) groups is 3. The molecule has 2 heterocycles. The number of imide groups is 1. The lowest BCUT2D eigenvalue weighted by Crippen LogP contribution is -2.37. The van der Waals surface area contributed by atoms with E-state index in [0.717, 1.165) is 14.8 Å². The number of amides is 3. The molecule has 164 valence electrons. The number of hydrogen-bond acceptors (Lipinski definition) is 8. The molecule has 1 aromatic heterocycles. The number of nitrogens with one attached hydrogen (secondary N) is 1. The van der Waals surface area contributed by atoms with Crippen molar-refractivity contribution in [3.8, 4) is 0 Å². The Morgan fingerprint density at radius 1 is 1.06 bits per heavy atom.